The highest BCUT2D eigenvalue weighted by atomic mass is 19.1. The number of hydrogen-bond acceptors (Lipinski definition) is 3. The summed E-state index contributed by atoms with van der Waals surface area (Å²) in [4.78, 5) is 16.1. The molecule has 1 unspecified atom stereocenters. The van der Waals surface area contributed by atoms with Gasteiger partial charge in [0.15, 0.2) is 0 Å². The Bertz CT molecular complexity index is 674. The highest BCUT2D eigenvalue weighted by Crippen LogP contribution is 2.29. The largest absolute Gasteiger partial charge is 0.273 e. The Morgan fingerprint density at radius 1 is 1.38 bits per heavy atom. The van der Waals surface area contributed by atoms with E-state index in [0.29, 0.717) is 18.4 Å². The molecule has 1 N–H and O–H groups in total. The second-order valence-electron chi connectivity index (χ2n) is 5.02. The zero-order valence-electron chi connectivity index (χ0n) is 11.7. The topological polar surface area (TPSA) is 45.2 Å². The van der Waals surface area contributed by atoms with Crippen LogP contribution >= 0.6 is 0 Å². The van der Waals surface area contributed by atoms with Gasteiger partial charge in [-0.1, -0.05) is 25.1 Å². The predicted molar refractivity (Wildman–Crippen MR) is 78.0 cm³/mol. The van der Waals surface area contributed by atoms with Crippen LogP contribution in [0.3, 0.4) is 0 Å². The Balaban J connectivity index is 1.88. The number of anilines is 1. The maximum atomic E-state index is 13.9. The van der Waals surface area contributed by atoms with Gasteiger partial charge in [0.1, 0.15) is 5.82 Å². The average molecular weight is 285 g/mol. The summed E-state index contributed by atoms with van der Waals surface area (Å²) in [7, 11) is 0. The van der Waals surface area contributed by atoms with Crippen molar-refractivity contribution in [2.24, 2.45) is 0 Å². The van der Waals surface area contributed by atoms with Crippen LogP contribution in [-0.4, -0.2) is 10.9 Å². The smallest absolute Gasteiger partial charge is 0.245 e. The predicted octanol–water partition coefficient (Wildman–Crippen LogP) is 2.77. The lowest BCUT2D eigenvalue weighted by Crippen LogP contribution is -2.43. The lowest BCUT2D eigenvalue weighted by atomic mass is 10.1. The van der Waals surface area contributed by atoms with Crippen molar-refractivity contribution < 1.29 is 9.18 Å². The van der Waals surface area contributed by atoms with Gasteiger partial charge in [0.25, 0.3) is 0 Å². The van der Waals surface area contributed by atoms with Crippen molar-refractivity contribution in [3.8, 4) is 0 Å². The molecule has 0 fully saturated rings. The van der Waals surface area contributed by atoms with Crippen LogP contribution in [0.1, 0.15) is 30.5 Å². The number of nitrogens with zero attached hydrogens (tertiary/aromatic N) is 2. The number of carbonyl (C=O) groups excluding carboxylic acids is 1. The van der Waals surface area contributed by atoms with Gasteiger partial charge in [-0.25, -0.2) is 14.8 Å². The Hall–Kier alpha value is -2.27. The molecule has 2 aromatic rings. The number of aromatic nitrogens is 1. The summed E-state index contributed by atoms with van der Waals surface area (Å²) in [6.07, 6.45) is 3.94. The molecule has 4 nitrogen and oxygen atoms in total. The Kier molecular flexibility index (Phi) is 3.66. The Morgan fingerprint density at radius 2 is 2.19 bits per heavy atom. The van der Waals surface area contributed by atoms with E-state index in [4.69, 9.17) is 0 Å². The molecule has 1 atom stereocenters. The van der Waals surface area contributed by atoms with Crippen molar-refractivity contribution in [3.05, 3.63) is 59.7 Å². The summed E-state index contributed by atoms with van der Waals surface area (Å²) in [6, 6.07) is 8.65. The van der Waals surface area contributed by atoms with Gasteiger partial charge in [0.2, 0.25) is 5.91 Å². The first-order chi connectivity index (χ1) is 10.2. The van der Waals surface area contributed by atoms with Crippen LogP contribution in [0, 0.1) is 5.82 Å². The summed E-state index contributed by atoms with van der Waals surface area (Å²) < 4.78 is 13.9. The first-order valence-corrected chi connectivity index (χ1v) is 6.97. The first-order valence-electron chi connectivity index (χ1n) is 6.97. The normalized spacial score (nSPS) is 15.1. The minimum absolute atomic E-state index is 0.0288. The van der Waals surface area contributed by atoms with E-state index in [9.17, 15) is 9.18 Å². The molecule has 108 valence electrons. The Morgan fingerprint density at radius 3 is 2.95 bits per heavy atom. The zero-order valence-corrected chi connectivity index (χ0v) is 11.7. The number of benzene rings is 1. The van der Waals surface area contributed by atoms with Crippen LogP contribution in [0.15, 0.2) is 42.7 Å². The van der Waals surface area contributed by atoms with E-state index in [1.54, 1.807) is 0 Å². The molecule has 0 radical (unpaired) electrons. The molecule has 5 heteroatoms. The van der Waals surface area contributed by atoms with Gasteiger partial charge < -0.3 is 0 Å². The van der Waals surface area contributed by atoms with Crippen molar-refractivity contribution in [1.29, 1.82) is 0 Å². The molecular weight excluding hydrogens is 269 g/mol. The van der Waals surface area contributed by atoms with Crippen LogP contribution in [0.4, 0.5) is 10.1 Å². The summed E-state index contributed by atoms with van der Waals surface area (Å²) in [5.74, 6) is -0.344. The standard InChI is InChI=1S/C16H16FN3O/c1-2-14(12-10-18-8-7-13(12)17)19-20-15-6-4-3-5-11(15)9-16(20)21/h3-8,10,14,19H,2,9H2,1H3. The summed E-state index contributed by atoms with van der Waals surface area (Å²) in [5.41, 5.74) is 5.42. The van der Waals surface area contributed by atoms with Gasteiger partial charge >= 0.3 is 0 Å². The molecule has 1 aromatic heterocycles. The number of fused-ring (bicyclic) bond motifs is 1. The minimum atomic E-state index is -0.315. The van der Waals surface area contributed by atoms with E-state index in [0.717, 1.165) is 11.3 Å². The van der Waals surface area contributed by atoms with Gasteiger partial charge in [0.05, 0.1) is 18.2 Å². The number of hydrazine groups is 1. The quantitative estimate of drug-likeness (QED) is 0.939. The molecule has 1 amide bonds. The third-order valence-corrected chi connectivity index (χ3v) is 3.69. The van der Waals surface area contributed by atoms with E-state index in [2.05, 4.69) is 10.4 Å². The number of carbonyl (C=O) groups is 1. The molecule has 0 saturated carbocycles. The third-order valence-electron chi connectivity index (χ3n) is 3.69. The fourth-order valence-electron chi connectivity index (χ4n) is 2.58. The van der Waals surface area contributed by atoms with E-state index in [1.807, 2.05) is 31.2 Å². The summed E-state index contributed by atoms with van der Waals surface area (Å²) in [5, 5.41) is 1.52. The highest BCUT2D eigenvalue weighted by Gasteiger charge is 2.29. The van der Waals surface area contributed by atoms with E-state index in [1.165, 1.54) is 23.5 Å². The molecule has 0 spiro atoms. The molecule has 0 aliphatic carbocycles. The fraction of sp³-hybridized carbons (Fsp3) is 0.250. The summed E-state index contributed by atoms with van der Waals surface area (Å²) in [6.45, 7) is 1.94. The Labute approximate surface area is 122 Å². The maximum absolute atomic E-state index is 13.9. The molecular formula is C16H16FN3O. The van der Waals surface area contributed by atoms with Gasteiger partial charge in [-0.2, -0.15) is 0 Å². The molecule has 0 bridgehead atoms. The number of rotatable bonds is 4. The van der Waals surface area contributed by atoms with E-state index >= 15 is 0 Å². The lowest BCUT2D eigenvalue weighted by molar-refractivity contribution is -0.118. The molecule has 21 heavy (non-hydrogen) atoms. The number of nitrogens with one attached hydrogen (secondary N) is 1. The highest BCUT2D eigenvalue weighted by molar-refractivity contribution is 6.00. The molecule has 1 aromatic carbocycles. The monoisotopic (exact) mass is 285 g/mol. The van der Waals surface area contributed by atoms with Crippen molar-refractivity contribution in [1.82, 2.24) is 10.4 Å². The van der Waals surface area contributed by atoms with Crippen molar-refractivity contribution in [2.45, 2.75) is 25.8 Å². The number of halogens is 1. The van der Waals surface area contributed by atoms with Crippen LogP contribution in [-0.2, 0) is 11.2 Å². The molecule has 0 saturated heterocycles. The van der Waals surface area contributed by atoms with Crippen molar-refractivity contribution in [2.75, 3.05) is 5.01 Å². The SMILES string of the molecule is CCC(NN1C(=O)Cc2ccccc21)c1cnccc1F. The van der Waals surface area contributed by atoms with Crippen LogP contribution in [0.2, 0.25) is 0 Å². The van der Waals surface area contributed by atoms with Gasteiger partial charge in [-0.3, -0.25) is 9.78 Å². The first kappa shape index (κ1) is 13.7. The number of pyridine rings is 1. The molecule has 1 aliphatic heterocycles. The van der Waals surface area contributed by atoms with E-state index < -0.39 is 0 Å². The van der Waals surface area contributed by atoms with Crippen molar-refractivity contribution >= 4 is 11.6 Å². The second kappa shape index (κ2) is 5.61. The van der Waals surface area contributed by atoms with Crippen LogP contribution in [0.25, 0.3) is 0 Å². The van der Waals surface area contributed by atoms with E-state index in [-0.39, 0.29) is 17.8 Å². The lowest BCUT2D eigenvalue weighted by Gasteiger charge is -2.25. The van der Waals surface area contributed by atoms with Gasteiger partial charge in [-0.05, 0) is 24.1 Å². The van der Waals surface area contributed by atoms with Gasteiger partial charge in [-0.15, -0.1) is 0 Å². The second-order valence-corrected chi connectivity index (χ2v) is 5.02. The number of hydrogen-bond donors (Lipinski definition) is 1. The van der Waals surface area contributed by atoms with Crippen molar-refractivity contribution in [3.63, 3.8) is 0 Å². The van der Waals surface area contributed by atoms with Gasteiger partial charge in [0, 0.05) is 18.0 Å². The zero-order chi connectivity index (χ0) is 14.8. The molecule has 1 aliphatic rings. The number of para-hydroxylation sites is 1. The van der Waals surface area contributed by atoms with Crippen LogP contribution < -0.4 is 10.4 Å². The maximum Gasteiger partial charge on any atom is 0.245 e. The minimum Gasteiger partial charge on any atom is -0.273 e. The number of amides is 1. The molecule has 2 heterocycles. The van der Waals surface area contributed by atoms with Crippen LogP contribution in [0.5, 0.6) is 0 Å². The third kappa shape index (κ3) is 2.52. The fourth-order valence-corrected chi connectivity index (χ4v) is 2.58. The average Bonchev–Trinajstić information content (AvgIpc) is 2.81. The molecule has 3 rings (SSSR count). The summed E-state index contributed by atoms with van der Waals surface area (Å²) >= 11 is 0.